The Morgan fingerprint density at radius 2 is 1.59 bits per heavy atom. The number of nitrogens with one attached hydrogen (secondary N) is 1. The van der Waals surface area contributed by atoms with E-state index in [-0.39, 0.29) is 24.9 Å². The van der Waals surface area contributed by atoms with Gasteiger partial charge in [0.05, 0.1) is 12.6 Å². The van der Waals surface area contributed by atoms with Gasteiger partial charge in [0.25, 0.3) is 5.91 Å². The first-order chi connectivity index (χ1) is 19.0. The van der Waals surface area contributed by atoms with Gasteiger partial charge in [0.15, 0.2) is 0 Å². The second-order valence-electron chi connectivity index (χ2n) is 9.21. The monoisotopic (exact) mass is 519 g/mol. The number of hydrogen-bond donors (Lipinski definition) is 1. The molecule has 0 fully saturated rings. The van der Waals surface area contributed by atoms with Crippen LogP contribution >= 0.6 is 0 Å². The smallest absolute Gasteiger partial charge is 0.251 e. The predicted octanol–water partition coefficient (Wildman–Crippen LogP) is 5.16. The second-order valence-corrected chi connectivity index (χ2v) is 9.21. The van der Waals surface area contributed by atoms with Gasteiger partial charge < -0.3 is 15.0 Å². The zero-order chi connectivity index (χ0) is 27.2. The topological polar surface area (TPSA) is 89.4 Å². The highest BCUT2D eigenvalue weighted by Gasteiger charge is 2.32. The first-order valence-electron chi connectivity index (χ1n) is 12.7. The van der Waals surface area contributed by atoms with Crippen molar-refractivity contribution in [3.8, 4) is 5.75 Å². The van der Waals surface area contributed by atoms with Crippen LogP contribution in [0.4, 0.5) is 5.69 Å². The van der Waals surface area contributed by atoms with Crippen molar-refractivity contribution in [2.24, 2.45) is 0 Å². The van der Waals surface area contributed by atoms with Crippen molar-refractivity contribution in [1.29, 1.82) is 0 Å². The molecule has 1 aromatic heterocycles. The number of benzene rings is 4. The average molecular weight is 520 g/mol. The zero-order valence-electron chi connectivity index (χ0n) is 21.8. The molecule has 0 aliphatic heterocycles. The summed E-state index contributed by atoms with van der Waals surface area (Å²) in [6.07, 6.45) is 0. The maximum Gasteiger partial charge on any atom is 0.251 e. The average Bonchev–Trinajstić information content (AvgIpc) is 3.37. The Morgan fingerprint density at radius 3 is 2.33 bits per heavy atom. The Hall–Kier alpha value is -4.98. The second kappa shape index (κ2) is 11.6. The molecule has 0 aliphatic carbocycles. The van der Waals surface area contributed by atoms with Gasteiger partial charge in [-0.3, -0.25) is 9.59 Å². The zero-order valence-corrected chi connectivity index (χ0v) is 21.8. The standard InChI is InChI=1S/C31H29N5O3/c1-22-10-6-7-13-24(22)20-35(29(37)21-36-28-15-9-8-14-27(28)33-34-36)30(23-11-4-3-5-12-23)31(38)32-25-16-18-26(39-2)19-17-25/h3-19,30H,20-21H2,1-2H3,(H,32,38). The maximum atomic E-state index is 14.1. The van der Waals surface area contributed by atoms with Gasteiger partial charge in [-0.05, 0) is 60.0 Å². The maximum absolute atomic E-state index is 14.1. The van der Waals surface area contributed by atoms with E-state index in [0.717, 1.165) is 16.6 Å². The summed E-state index contributed by atoms with van der Waals surface area (Å²) in [7, 11) is 1.59. The Bertz CT molecular complexity index is 1580. The molecule has 0 bridgehead atoms. The van der Waals surface area contributed by atoms with Crippen LogP contribution in [-0.2, 0) is 22.7 Å². The van der Waals surface area contributed by atoms with E-state index in [1.165, 1.54) is 0 Å². The summed E-state index contributed by atoms with van der Waals surface area (Å²) < 4.78 is 6.82. The molecule has 39 heavy (non-hydrogen) atoms. The van der Waals surface area contributed by atoms with Crippen LogP contribution in [0.15, 0.2) is 103 Å². The van der Waals surface area contributed by atoms with Gasteiger partial charge in [0.2, 0.25) is 5.91 Å². The van der Waals surface area contributed by atoms with Crippen molar-refractivity contribution in [3.63, 3.8) is 0 Å². The summed E-state index contributed by atoms with van der Waals surface area (Å²) >= 11 is 0. The SMILES string of the molecule is COc1ccc(NC(=O)C(c2ccccc2)N(Cc2ccccc2C)C(=O)Cn2nnc3ccccc32)cc1. The van der Waals surface area contributed by atoms with Crippen LogP contribution < -0.4 is 10.1 Å². The Labute approximate surface area is 226 Å². The first kappa shape index (κ1) is 25.7. The lowest BCUT2D eigenvalue weighted by molar-refractivity contribution is -0.140. The van der Waals surface area contributed by atoms with Gasteiger partial charge in [-0.1, -0.05) is 71.9 Å². The van der Waals surface area contributed by atoms with Crippen molar-refractivity contribution in [2.45, 2.75) is 26.1 Å². The van der Waals surface area contributed by atoms with Crippen LogP contribution in [0.1, 0.15) is 22.7 Å². The molecule has 1 atom stereocenters. The molecule has 2 amide bonds. The van der Waals surface area contributed by atoms with Crippen LogP contribution in [0.2, 0.25) is 0 Å². The number of hydrogen-bond acceptors (Lipinski definition) is 5. The molecule has 0 aliphatic rings. The van der Waals surface area contributed by atoms with Crippen molar-refractivity contribution in [2.75, 3.05) is 12.4 Å². The molecular weight excluding hydrogens is 490 g/mol. The van der Waals surface area contributed by atoms with E-state index in [2.05, 4.69) is 15.6 Å². The summed E-state index contributed by atoms with van der Waals surface area (Å²) in [4.78, 5) is 29.6. The fourth-order valence-corrected chi connectivity index (χ4v) is 4.54. The van der Waals surface area contributed by atoms with Gasteiger partial charge in [-0.25, -0.2) is 4.68 Å². The molecule has 1 unspecified atom stereocenters. The highest BCUT2D eigenvalue weighted by atomic mass is 16.5. The van der Waals surface area contributed by atoms with Crippen molar-refractivity contribution in [3.05, 3.63) is 120 Å². The number of para-hydroxylation sites is 1. The fourth-order valence-electron chi connectivity index (χ4n) is 4.54. The normalized spacial score (nSPS) is 11.6. The summed E-state index contributed by atoms with van der Waals surface area (Å²) in [5.41, 5.74) is 4.74. The summed E-state index contributed by atoms with van der Waals surface area (Å²) in [6, 6.07) is 30.9. The molecule has 0 radical (unpaired) electrons. The molecule has 1 heterocycles. The molecule has 5 rings (SSSR count). The molecule has 5 aromatic rings. The lowest BCUT2D eigenvalue weighted by atomic mass is 10.0. The molecule has 0 saturated carbocycles. The van der Waals surface area contributed by atoms with Gasteiger partial charge in [0, 0.05) is 12.2 Å². The lowest BCUT2D eigenvalue weighted by Crippen LogP contribution is -2.42. The largest absolute Gasteiger partial charge is 0.497 e. The Balaban J connectivity index is 1.53. The third-order valence-electron chi connectivity index (χ3n) is 6.66. The molecule has 0 saturated heterocycles. The summed E-state index contributed by atoms with van der Waals surface area (Å²) in [5.74, 6) is 0.105. The Kier molecular flexibility index (Phi) is 7.63. The summed E-state index contributed by atoms with van der Waals surface area (Å²) in [6.45, 7) is 2.18. The van der Waals surface area contributed by atoms with E-state index in [1.54, 1.807) is 41.0 Å². The Morgan fingerprint density at radius 1 is 0.897 bits per heavy atom. The molecular formula is C31H29N5O3. The minimum Gasteiger partial charge on any atom is -0.497 e. The quantitative estimate of drug-likeness (QED) is 0.291. The molecule has 8 heteroatoms. The predicted molar refractivity (Wildman–Crippen MR) is 150 cm³/mol. The van der Waals surface area contributed by atoms with Crippen molar-refractivity contribution >= 4 is 28.5 Å². The number of aryl methyl sites for hydroxylation is 1. The number of aromatic nitrogens is 3. The molecule has 1 N–H and O–H groups in total. The van der Waals surface area contributed by atoms with Crippen molar-refractivity contribution in [1.82, 2.24) is 19.9 Å². The third kappa shape index (κ3) is 5.80. The van der Waals surface area contributed by atoms with Crippen LogP contribution in [0, 0.1) is 6.92 Å². The van der Waals surface area contributed by atoms with Crippen LogP contribution in [0.25, 0.3) is 11.0 Å². The van der Waals surface area contributed by atoms with Gasteiger partial charge >= 0.3 is 0 Å². The first-order valence-corrected chi connectivity index (χ1v) is 12.7. The van der Waals surface area contributed by atoms with E-state index >= 15 is 0 Å². The van der Waals surface area contributed by atoms with Gasteiger partial charge in [-0.15, -0.1) is 5.10 Å². The van der Waals surface area contributed by atoms with Crippen LogP contribution in [-0.4, -0.2) is 38.8 Å². The number of anilines is 1. The molecule has 0 spiro atoms. The van der Waals surface area contributed by atoms with E-state index < -0.39 is 6.04 Å². The van der Waals surface area contributed by atoms with Crippen molar-refractivity contribution < 1.29 is 14.3 Å². The number of carbonyl (C=O) groups excluding carboxylic acids is 2. The minimum absolute atomic E-state index is 0.0639. The third-order valence-corrected chi connectivity index (χ3v) is 6.66. The summed E-state index contributed by atoms with van der Waals surface area (Å²) in [5, 5.41) is 11.4. The molecule has 196 valence electrons. The number of fused-ring (bicyclic) bond motifs is 1. The molecule has 4 aromatic carbocycles. The van der Waals surface area contributed by atoms with E-state index in [9.17, 15) is 9.59 Å². The highest BCUT2D eigenvalue weighted by Crippen LogP contribution is 2.27. The fraction of sp³-hybridized carbons (Fsp3) is 0.161. The van der Waals surface area contributed by atoms with E-state index in [4.69, 9.17) is 4.74 Å². The lowest BCUT2D eigenvalue weighted by Gasteiger charge is -2.32. The number of ether oxygens (including phenoxy) is 1. The van der Waals surface area contributed by atoms with Crippen LogP contribution in [0.5, 0.6) is 5.75 Å². The van der Waals surface area contributed by atoms with Gasteiger partial charge in [-0.2, -0.15) is 0 Å². The number of amides is 2. The number of nitrogens with zero attached hydrogens (tertiary/aromatic N) is 4. The van der Waals surface area contributed by atoms with E-state index in [0.29, 0.717) is 22.5 Å². The van der Waals surface area contributed by atoms with Gasteiger partial charge in [0.1, 0.15) is 23.9 Å². The minimum atomic E-state index is -0.893. The van der Waals surface area contributed by atoms with Crippen LogP contribution in [0.3, 0.4) is 0 Å². The highest BCUT2D eigenvalue weighted by molar-refractivity contribution is 5.98. The van der Waals surface area contributed by atoms with E-state index in [1.807, 2.05) is 85.8 Å². The number of methoxy groups -OCH3 is 1. The number of rotatable bonds is 9. The molecule has 8 nitrogen and oxygen atoms in total. The number of carbonyl (C=O) groups is 2.